The van der Waals surface area contributed by atoms with E-state index in [0.717, 1.165) is 18.2 Å². The Kier molecular flexibility index (Phi) is 3.88. The van der Waals surface area contributed by atoms with Crippen molar-refractivity contribution in [2.75, 3.05) is 19.9 Å². The van der Waals surface area contributed by atoms with Gasteiger partial charge in [0.25, 0.3) is 11.7 Å². The van der Waals surface area contributed by atoms with Gasteiger partial charge >= 0.3 is 0 Å². The van der Waals surface area contributed by atoms with Gasteiger partial charge < -0.3 is 15.2 Å². The van der Waals surface area contributed by atoms with Crippen LogP contribution in [0.15, 0.2) is 23.2 Å². The fourth-order valence-corrected chi connectivity index (χ4v) is 3.19. The predicted molar refractivity (Wildman–Crippen MR) is 76.1 cm³/mol. The maximum Gasteiger partial charge on any atom is 0.283 e. The van der Waals surface area contributed by atoms with Crippen molar-refractivity contribution in [3.05, 3.63) is 39.7 Å². The molecule has 124 valence electrons. The van der Waals surface area contributed by atoms with Crippen LogP contribution in [0, 0.1) is 21.8 Å². The summed E-state index contributed by atoms with van der Waals surface area (Å²) >= 11 is 0. The molecule has 2 aliphatic rings. The highest BCUT2D eigenvalue weighted by atomic mass is 19.1. The second kappa shape index (κ2) is 5.73. The van der Waals surface area contributed by atoms with Crippen LogP contribution in [-0.2, 0) is 15.0 Å². The second-order valence-corrected chi connectivity index (χ2v) is 5.56. The van der Waals surface area contributed by atoms with E-state index in [0.29, 0.717) is 13.0 Å². The molecule has 7 nitrogen and oxygen atoms in total. The largest absolute Gasteiger partial charge is 0.462 e. The highest BCUT2D eigenvalue weighted by molar-refractivity contribution is 5.73. The van der Waals surface area contributed by atoms with E-state index < -0.39 is 35.0 Å². The maximum atomic E-state index is 14.4. The van der Waals surface area contributed by atoms with Crippen molar-refractivity contribution in [3.63, 3.8) is 0 Å². The maximum absolute atomic E-state index is 14.4. The standard InChI is InChI=1S/C14H15F2N3O4/c15-7-14(9-5-8(19(20)21)1-2-11(9)16)10-6-22-4-3-12(10)23-13(17)18-14/h1-2,5,10,12H,3-4,6-7H2,(H2,17,18)/t10-,12-,14-/m1/s1. The smallest absolute Gasteiger partial charge is 0.283 e. The highest BCUT2D eigenvalue weighted by Crippen LogP contribution is 2.44. The highest BCUT2D eigenvalue weighted by Gasteiger charge is 2.52. The van der Waals surface area contributed by atoms with Gasteiger partial charge in [0.05, 0.1) is 24.1 Å². The zero-order valence-electron chi connectivity index (χ0n) is 12.1. The average Bonchev–Trinajstić information content (AvgIpc) is 2.54. The van der Waals surface area contributed by atoms with Crippen molar-refractivity contribution >= 4 is 11.7 Å². The molecule has 1 fully saturated rings. The number of halogens is 2. The fourth-order valence-electron chi connectivity index (χ4n) is 3.19. The fraction of sp³-hybridized carbons (Fsp3) is 0.500. The second-order valence-electron chi connectivity index (χ2n) is 5.56. The van der Waals surface area contributed by atoms with Crippen molar-refractivity contribution in [2.24, 2.45) is 16.6 Å². The molecule has 0 aromatic heterocycles. The first-order chi connectivity index (χ1) is 11.0. The zero-order chi connectivity index (χ0) is 16.6. The third kappa shape index (κ3) is 2.50. The number of non-ortho nitro benzene ring substituents is 1. The van der Waals surface area contributed by atoms with Crippen molar-refractivity contribution in [1.82, 2.24) is 0 Å². The summed E-state index contributed by atoms with van der Waals surface area (Å²) in [6, 6.07) is 2.70. The summed E-state index contributed by atoms with van der Waals surface area (Å²) in [5.41, 5.74) is 3.40. The number of nitro benzene ring substituents is 1. The summed E-state index contributed by atoms with van der Waals surface area (Å²) in [5, 5.41) is 11.0. The number of benzene rings is 1. The first-order valence-electron chi connectivity index (χ1n) is 7.08. The minimum absolute atomic E-state index is 0.105. The van der Waals surface area contributed by atoms with E-state index in [4.69, 9.17) is 15.2 Å². The molecule has 1 aromatic rings. The summed E-state index contributed by atoms with van der Waals surface area (Å²) in [5.74, 6) is -1.40. The zero-order valence-corrected chi connectivity index (χ0v) is 12.1. The molecule has 0 aliphatic carbocycles. The lowest BCUT2D eigenvalue weighted by Gasteiger charge is -2.45. The first-order valence-corrected chi connectivity index (χ1v) is 7.08. The number of fused-ring (bicyclic) bond motifs is 1. The summed E-state index contributed by atoms with van der Waals surface area (Å²) < 4.78 is 39.2. The van der Waals surface area contributed by atoms with E-state index in [9.17, 15) is 18.9 Å². The summed E-state index contributed by atoms with van der Waals surface area (Å²) in [6.07, 6.45) is -0.0187. The molecular formula is C14H15F2N3O4. The van der Waals surface area contributed by atoms with Crippen molar-refractivity contribution in [3.8, 4) is 0 Å². The number of ether oxygens (including phenoxy) is 2. The Morgan fingerprint density at radius 1 is 1.52 bits per heavy atom. The average molecular weight is 327 g/mol. The Morgan fingerprint density at radius 3 is 3.00 bits per heavy atom. The van der Waals surface area contributed by atoms with Crippen molar-refractivity contribution < 1.29 is 23.2 Å². The van der Waals surface area contributed by atoms with Crippen molar-refractivity contribution in [2.45, 2.75) is 18.1 Å². The van der Waals surface area contributed by atoms with Crippen LogP contribution >= 0.6 is 0 Å². The van der Waals surface area contributed by atoms with Gasteiger partial charge in [-0.2, -0.15) is 0 Å². The molecule has 0 unspecified atom stereocenters. The van der Waals surface area contributed by atoms with Gasteiger partial charge in [-0.1, -0.05) is 0 Å². The number of amidine groups is 1. The van der Waals surface area contributed by atoms with Crippen LogP contribution < -0.4 is 5.73 Å². The summed E-state index contributed by atoms with van der Waals surface area (Å²) in [6.45, 7) is -0.554. The number of nitro groups is 1. The van der Waals surface area contributed by atoms with Gasteiger partial charge in [0, 0.05) is 24.1 Å². The lowest BCUT2D eigenvalue weighted by atomic mass is 9.74. The van der Waals surface area contributed by atoms with E-state index in [2.05, 4.69) is 4.99 Å². The molecule has 0 radical (unpaired) electrons. The van der Waals surface area contributed by atoms with Gasteiger partial charge in [-0.25, -0.2) is 13.8 Å². The van der Waals surface area contributed by atoms with Gasteiger partial charge in [0.15, 0.2) is 0 Å². The van der Waals surface area contributed by atoms with Crippen LogP contribution in [0.3, 0.4) is 0 Å². The van der Waals surface area contributed by atoms with Crippen LogP contribution in [0.2, 0.25) is 0 Å². The topological polar surface area (TPSA) is 100.0 Å². The Hall–Kier alpha value is -2.29. The molecule has 1 saturated heterocycles. The minimum Gasteiger partial charge on any atom is -0.462 e. The molecule has 1 aromatic carbocycles. The molecule has 2 N–H and O–H groups in total. The first kappa shape index (κ1) is 15.6. The van der Waals surface area contributed by atoms with Gasteiger partial charge in [-0.05, 0) is 6.07 Å². The van der Waals surface area contributed by atoms with Gasteiger partial charge in [0.2, 0.25) is 0 Å². The minimum atomic E-state index is -1.69. The van der Waals surface area contributed by atoms with E-state index in [1.807, 2.05) is 0 Å². The Bertz CT molecular complexity index is 669. The summed E-state index contributed by atoms with van der Waals surface area (Å²) in [7, 11) is 0. The Balaban J connectivity index is 2.18. The molecule has 3 rings (SSSR count). The third-order valence-electron chi connectivity index (χ3n) is 4.32. The molecule has 3 atom stereocenters. The molecule has 2 aliphatic heterocycles. The molecule has 2 heterocycles. The quantitative estimate of drug-likeness (QED) is 0.672. The van der Waals surface area contributed by atoms with E-state index in [1.54, 1.807) is 0 Å². The van der Waals surface area contributed by atoms with Crippen LogP contribution in [0.5, 0.6) is 0 Å². The van der Waals surface area contributed by atoms with E-state index in [1.165, 1.54) is 0 Å². The number of hydrogen-bond donors (Lipinski definition) is 1. The van der Waals surface area contributed by atoms with Crippen LogP contribution in [0.25, 0.3) is 0 Å². The van der Waals surface area contributed by atoms with Gasteiger partial charge in [-0.3, -0.25) is 10.1 Å². The van der Waals surface area contributed by atoms with E-state index in [-0.39, 0.29) is 23.9 Å². The number of aliphatic imine (C=N–C) groups is 1. The predicted octanol–water partition coefficient (Wildman–Crippen LogP) is 1.65. The normalized spacial score (nSPS) is 30.1. The molecule has 9 heteroatoms. The number of rotatable bonds is 3. The number of nitrogens with zero attached hydrogens (tertiary/aromatic N) is 2. The van der Waals surface area contributed by atoms with Gasteiger partial charge in [-0.15, -0.1) is 0 Å². The van der Waals surface area contributed by atoms with Crippen LogP contribution in [-0.4, -0.2) is 36.9 Å². The molecule has 0 spiro atoms. The molecule has 23 heavy (non-hydrogen) atoms. The van der Waals surface area contributed by atoms with Crippen molar-refractivity contribution in [1.29, 1.82) is 0 Å². The van der Waals surface area contributed by atoms with E-state index >= 15 is 0 Å². The number of hydrogen-bond acceptors (Lipinski definition) is 6. The number of nitrogens with two attached hydrogens (primary N) is 1. The summed E-state index contributed by atoms with van der Waals surface area (Å²) in [4.78, 5) is 14.3. The lowest BCUT2D eigenvalue weighted by Crippen LogP contribution is -2.54. The molecule has 0 amide bonds. The van der Waals surface area contributed by atoms with Gasteiger partial charge in [0.1, 0.15) is 24.1 Å². The molecule has 0 bridgehead atoms. The SMILES string of the molecule is NC1=N[C@](CF)(c2cc([N+](=O)[O-])ccc2F)[C@@H]2COCC[C@H]2O1. The Morgan fingerprint density at radius 2 is 2.30 bits per heavy atom. The van der Waals surface area contributed by atoms with Crippen LogP contribution in [0.1, 0.15) is 12.0 Å². The van der Waals surface area contributed by atoms with Crippen LogP contribution in [0.4, 0.5) is 14.5 Å². The number of alkyl halides is 1. The molecular weight excluding hydrogens is 312 g/mol. The monoisotopic (exact) mass is 327 g/mol. The molecule has 0 saturated carbocycles. The third-order valence-corrected chi connectivity index (χ3v) is 4.32. The Labute approximate surface area is 130 Å². The lowest BCUT2D eigenvalue weighted by molar-refractivity contribution is -0.385.